The van der Waals surface area contributed by atoms with Crippen LogP contribution in [0.25, 0.3) is 23.3 Å². The molecule has 2 heteroatoms. The molecule has 0 N–H and O–H groups in total. The molecular formula is C60H70N2. The van der Waals surface area contributed by atoms with E-state index in [4.69, 9.17) is 0 Å². The molecule has 2 aromatic rings. The summed E-state index contributed by atoms with van der Waals surface area (Å²) in [6, 6.07) is 9.29. The van der Waals surface area contributed by atoms with Crippen LogP contribution in [0.1, 0.15) is 91.5 Å². The van der Waals surface area contributed by atoms with E-state index in [-0.39, 0.29) is 11.8 Å². The summed E-state index contributed by atoms with van der Waals surface area (Å²) in [5.41, 5.74) is 17.2. The lowest BCUT2D eigenvalue weighted by Crippen LogP contribution is -2.63. The van der Waals surface area contributed by atoms with Crippen molar-refractivity contribution in [2.75, 3.05) is 9.80 Å². The minimum absolute atomic E-state index is 0.111. The molecule has 0 amide bonds. The van der Waals surface area contributed by atoms with Crippen LogP contribution in [0.2, 0.25) is 0 Å². The van der Waals surface area contributed by atoms with Gasteiger partial charge in [-0.2, -0.15) is 0 Å². The molecule has 320 valence electrons. The van der Waals surface area contributed by atoms with Gasteiger partial charge in [0.1, 0.15) is 0 Å². The summed E-state index contributed by atoms with van der Waals surface area (Å²) in [6.45, 7) is 44.1. The molecule has 4 atom stereocenters. The average Bonchev–Trinajstić information content (AvgIpc) is 3.28. The van der Waals surface area contributed by atoms with Gasteiger partial charge in [-0.1, -0.05) is 167 Å². The van der Waals surface area contributed by atoms with Crippen LogP contribution in [-0.4, -0.2) is 11.1 Å². The van der Waals surface area contributed by atoms with Crippen LogP contribution >= 0.6 is 0 Å². The zero-order valence-electron chi connectivity index (χ0n) is 39.7. The monoisotopic (exact) mass is 819 g/mol. The van der Waals surface area contributed by atoms with Crippen molar-refractivity contribution in [3.05, 3.63) is 227 Å². The molecule has 0 radical (unpaired) electrons. The summed E-state index contributed by atoms with van der Waals surface area (Å²) in [6.07, 6.45) is 43.7. The molecule has 0 bridgehead atoms. The second-order valence-corrected chi connectivity index (χ2v) is 16.7. The first-order chi connectivity index (χ1) is 29.8. The normalized spacial score (nSPS) is 23.7. The number of allylic oxidation sites excluding steroid dienone is 19. The molecule has 0 aromatic heterocycles. The molecule has 2 nitrogen and oxygen atoms in total. The highest BCUT2D eigenvalue weighted by molar-refractivity contribution is 6.01. The fourth-order valence-electron chi connectivity index (χ4n) is 10.6. The first kappa shape index (κ1) is 46.9. The molecule has 4 unspecified atom stereocenters. The number of fused-ring (bicyclic) bond motifs is 3. The second-order valence-electron chi connectivity index (χ2n) is 16.7. The number of anilines is 2. The van der Waals surface area contributed by atoms with Crippen molar-refractivity contribution in [1.82, 2.24) is 0 Å². The van der Waals surface area contributed by atoms with Crippen molar-refractivity contribution in [3.8, 4) is 11.1 Å². The Balaban J connectivity index is 2.37. The highest BCUT2D eigenvalue weighted by Crippen LogP contribution is 2.63. The largest absolute Gasteiger partial charge is 0.327 e. The number of hydrogen-bond donors (Lipinski definition) is 0. The predicted molar refractivity (Wildman–Crippen MR) is 277 cm³/mol. The number of hydrogen-bond acceptors (Lipinski definition) is 2. The first-order valence-electron chi connectivity index (χ1n) is 22.3. The minimum atomic E-state index is -0.811. The zero-order chi connectivity index (χ0) is 45.5. The first-order valence-corrected chi connectivity index (χ1v) is 22.3. The van der Waals surface area contributed by atoms with Crippen molar-refractivity contribution in [2.45, 2.75) is 94.2 Å². The van der Waals surface area contributed by atoms with Crippen molar-refractivity contribution >= 4 is 23.5 Å². The van der Waals surface area contributed by atoms with E-state index in [0.29, 0.717) is 0 Å². The third-order valence-corrected chi connectivity index (χ3v) is 13.0. The molecular weight excluding hydrogens is 749 g/mol. The second kappa shape index (κ2) is 19.7. The Morgan fingerprint density at radius 2 is 1.03 bits per heavy atom. The van der Waals surface area contributed by atoms with Gasteiger partial charge in [0.25, 0.3) is 0 Å². The summed E-state index contributed by atoms with van der Waals surface area (Å²) in [7, 11) is 0. The molecule has 62 heavy (non-hydrogen) atoms. The Labute approximate surface area is 375 Å². The van der Waals surface area contributed by atoms with E-state index in [2.05, 4.69) is 241 Å². The summed E-state index contributed by atoms with van der Waals surface area (Å²) >= 11 is 0. The Kier molecular flexibility index (Phi) is 14.9. The summed E-state index contributed by atoms with van der Waals surface area (Å²) < 4.78 is 0. The SMILES string of the molecule is C=C/C=C\c1c(C)ccc2c1-c1c(ccc(C)c1/C=C\C=C)N(C(/C=C\C)=C/C)C1(C)C(C(/C=C\C)=C/C)=CC(C)C3=C1C(C)(C(C(/C=C\C)=C/C=C)=CC3C)N2/C(C=C)=C/C. The standard InChI is InChI=1S/C60H70N2/c1-17-27-33-49-41(11)35-37-53-56(49)57-50(34-28-18-2)42(12)36-38-54(57)62(48(26-10)32-22-6)59(15)51(45(23-7)29-19-3)39-43(13)55-44(14)40-52(46(30-20-4)31-21-5)60(16,58(55)59)61(53)47(24-8)25-9/h17-40,43-44H,1-2,4,8H2,3,5-7,9-16H3/b29-19-,31-21-,32-22-,33-27-,34-28-,45-23+,46-30+,47-25+,48-26+. The van der Waals surface area contributed by atoms with E-state index in [9.17, 15) is 0 Å². The molecule has 0 fully saturated rings. The van der Waals surface area contributed by atoms with Crippen LogP contribution in [-0.2, 0) is 0 Å². The maximum atomic E-state index is 4.56. The van der Waals surface area contributed by atoms with E-state index in [1.165, 1.54) is 39.0 Å². The Bertz CT molecular complexity index is 2520. The number of benzene rings is 2. The summed E-state index contributed by atoms with van der Waals surface area (Å²) in [4.78, 5) is 5.29. The van der Waals surface area contributed by atoms with Gasteiger partial charge in [-0.3, -0.25) is 0 Å². The van der Waals surface area contributed by atoms with Crippen LogP contribution in [0, 0.1) is 25.7 Å². The van der Waals surface area contributed by atoms with Crippen LogP contribution in [0.15, 0.2) is 205 Å². The van der Waals surface area contributed by atoms with Crippen LogP contribution in [0.5, 0.6) is 0 Å². The fraction of sp³-hybridized carbons (Fsp3) is 0.267. The summed E-state index contributed by atoms with van der Waals surface area (Å²) in [5.74, 6) is 0.235. The van der Waals surface area contributed by atoms with Gasteiger partial charge >= 0.3 is 0 Å². The van der Waals surface area contributed by atoms with Crippen molar-refractivity contribution < 1.29 is 0 Å². The van der Waals surface area contributed by atoms with Gasteiger partial charge in [0.2, 0.25) is 0 Å². The molecule has 1 heterocycles. The average molecular weight is 819 g/mol. The van der Waals surface area contributed by atoms with Gasteiger partial charge in [0.05, 0.1) is 22.5 Å². The number of nitrogens with zero attached hydrogens (tertiary/aromatic N) is 2. The zero-order valence-corrected chi connectivity index (χ0v) is 39.7. The number of rotatable bonds is 13. The Morgan fingerprint density at radius 1 is 0.581 bits per heavy atom. The third-order valence-electron chi connectivity index (χ3n) is 13.0. The van der Waals surface area contributed by atoms with Crippen LogP contribution in [0.3, 0.4) is 0 Å². The molecule has 3 aliphatic rings. The van der Waals surface area contributed by atoms with Gasteiger partial charge < -0.3 is 9.80 Å². The number of aryl methyl sites for hydroxylation is 2. The highest BCUT2D eigenvalue weighted by atomic mass is 15.3. The van der Waals surface area contributed by atoms with Gasteiger partial charge in [-0.25, -0.2) is 0 Å². The third kappa shape index (κ3) is 7.70. The Morgan fingerprint density at radius 3 is 1.44 bits per heavy atom. The maximum absolute atomic E-state index is 4.56. The molecule has 5 rings (SSSR count). The lowest BCUT2D eigenvalue weighted by molar-refractivity contribution is 0.439. The summed E-state index contributed by atoms with van der Waals surface area (Å²) in [5, 5.41) is 0. The van der Waals surface area contributed by atoms with Crippen LogP contribution in [0.4, 0.5) is 11.4 Å². The molecule has 2 aliphatic carbocycles. The van der Waals surface area contributed by atoms with E-state index in [0.717, 1.165) is 50.6 Å². The lowest BCUT2D eigenvalue weighted by Gasteiger charge is -2.60. The molecule has 0 saturated heterocycles. The quantitative estimate of drug-likeness (QED) is 0.147. The lowest BCUT2D eigenvalue weighted by atomic mass is 9.56. The topological polar surface area (TPSA) is 6.48 Å². The van der Waals surface area contributed by atoms with E-state index >= 15 is 0 Å². The van der Waals surface area contributed by atoms with Gasteiger partial charge in [0, 0.05) is 22.5 Å². The predicted octanol–water partition coefficient (Wildman–Crippen LogP) is 16.7. The molecule has 2 aromatic carbocycles. The van der Waals surface area contributed by atoms with Crippen molar-refractivity contribution in [2.24, 2.45) is 11.8 Å². The van der Waals surface area contributed by atoms with Crippen molar-refractivity contribution in [1.29, 1.82) is 0 Å². The minimum Gasteiger partial charge on any atom is -0.327 e. The smallest absolute Gasteiger partial charge is 0.0919 e. The van der Waals surface area contributed by atoms with E-state index in [1.54, 1.807) is 0 Å². The van der Waals surface area contributed by atoms with Crippen molar-refractivity contribution in [3.63, 3.8) is 0 Å². The van der Waals surface area contributed by atoms with E-state index < -0.39 is 11.1 Å². The molecule has 0 saturated carbocycles. The van der Waals surface area contributed by atoms with Gasteiger partial charge in [-0.05, 0) is 155 Å². The van der Waals surface area contributed by atoms with Crippen LogP contribution < -0.4 is 9.80 Å². The van der Waals surface area contributed by atoms with Gasteiger partial charge in [0.15, 0.2) is 0 Å². The van der Waals surface area contributed by atoms with Gasteiger partial charge in [-0.15, -0.1) is 0 Å². The van der Waals surface area contributed by atoms with E-state index in [1.807, 2.05) is 24.3 Å². The molecule has 0 spiro atoms. The maximum Gasteiger partial charge on any atom is 0.0919 e. The molecule has 1 aliphatic heterocycles. The Hall–Kier alpha value is -6.12. The fourth-order valence-corrected chi connectivity index (χ4v) is 10.6. The highest BCUT2D eigenvalue weighted by Gasteiger charge is 2.59.